The van der Waals surface area contributed by atoms with Crippen molar-refractivity contribution in [3.05, 3.63) is 58.9 Å². The van der Waals surface area contributed by atoms with E-state index >= 15 is 0 Å². The van der Waals surface area contributed by atoms with Gasteiger partial charge < -0.3 is 20.7 Å². The summed E-state index contributed by atoms with van der Waals surface area (Å²) in [5.74, 6) is -1.45. The first-order chi connectivity index (χ1) is 13.4. The Kier molecular flexibility index (Phi) is 5.75. The highest BCUT2D eigenvalue weighted by molar-refractivity contribution is 6.10. The number of rotatable bonds is 3. The molecule has 28 heavy (non-hydrogen) atoms. The quantitative estimate of drug-likeness (QED) is 0.559. The van der Waals surface area contributed by atoms with Gasteiger partial charge in [-0.2, -0.15) is 0 Å². The predicted molar refractivity (Wildman–Crippen MR) is 106 cm³/mol. The lowest BCUT2D eigenvalue weighted by molar-refractivity contribution is -0.134. The summed E-state index contributed by atoms with van der Waals surface area (Å²) in [5, 5.41) is 14.2. The predicted octanol–water partition coefficient (Wildman–Crippen LogP) is 3.07. The van der Waals surface area contributed by atoms with Crippen molar-refractivity contribution in [2.45, 2.75) is 19.9 Å². The highest BCUT2D eigenvalue weighted by atomic mass is 19.1. The third kappa shape index (κ3) is 4.04. The number of amides is 1. The minimum absolute atomic E-state index is 0.215. The Labute approximate surface area is 161 Å². The molecule has 0 saturated carbocycles. The number of carboxylic acid groups (broad SMARTS) is 1. The van der Waals surface area contributed by atoms with Crippen molar-refractivity contribution in [2.75, 3.05) is 13.6 Å². The summed E-state index contributed by atoms with van der Waals surface area (Å²) in [6, 6.07) is 11.0. The number of H-pyrrole nitrogens is 1. The Morgan fingerprint density at radius 2 is 1.93 bits per heavy atom. The van der Waals surface area contributed by atoms with Crippen LogP contribution in [0.15, 0.2) is 36.4 Å². The molecule has 4 rings (SSSR count). The van der Waals surface area contributed by atoms with Gasteiger partial charge in [-0.15, -0.1) is 0 Å². The molecule has 0 radical (unpaired) electrons. The molecule has 0 saturated heterocycles. The Morgan fingerprint density at radius 1 is 1.25 bits per heavy atom. The van der Waals surface area contributed by atoms with Crippen LogP contribution in [0, 0.1) is 5.82 Å². The smallest absolute Gasteiger partial charge is 0.300 e. The van der Waals surface area contributed by atoms with E-state index in [1.54, 1.807) is 0 Å². The second-order valence-electron chi connectivity index (χ2n) is 6.61. The lowest BCUT2D eigenvalue weighted by atomic mass is 9.99. The molecule has 0 unspecified atom stereocenters. The molecule has 4 N–H and O–H groups in total. The van der Waals surface area contributed by atoms with Gasteiger partial charge in [-0.05, 0) is 42.3 Å². The fourth-order valence-corrected chi connectivity index (χ4v) is 3.43. The number of carbonyl (C=O) groups is 2. The van der Waals surface area contributed by atoms with Crippen molar-refractivity contribution in [3.8, 4) is 11.3 Å². The van der Waals surface area contributed by atoms with Crippen LogP contribution in [-0.2, 0) is 17.8 Å². The average Bonchev–Trinajstić information content (AvgIpc) is 2.90. The number of carbonyl (C=O) groups excluding carboxylic acids is 1. The van der Waals surface area contributed by atoms with E-state index in [2.05, 4.69) is 39.9 Å². The zero-order valence-electron chi connectivity index (χ0n) is 15.7. The molecule has 1 amide bonds. The maximum absolute atomic E-state index is 13.9. The number of benzene rings is 2. The lowest BCUT2D eigenvalue weighted by Crippen LogP contribution is -2.23. The van der Waals surface area contributed by atoms with Gasteiger partial charge in [0.05, 0.1) is 5.56 Å². The maximum Gasteiger partial charge on any atom is 0.300 e. The van der Waals surface area contributed by atoms with E-state index in [1.165, 1.54) is 17.7 Å². The molecule has 2 aromatic carbocycles. The molecule has 0 fully saturated rings. The normalized spacial score (nSPS) is 12.8. The van der Waals surface area contributed by atoms with E-state index in [1.807, 2.05) is 7.05 Å². The summed E-state index contributed by atoms with van der Waals surface area (Å²) < 4.78 is 13.9. The molecule has 0 atom stereocenters. The fourth-order valence-electron chi connectivity index (χ4n) is 3.43. The van der Waals surface area contributed by atoms with Gasteiger partial charge >= 0.3 is 0 Å². The highest BCUT2D eigenvalue weighted by Crippen LogP contribution is 2.34. The van der Waals surface area contributed by atoms with Gasteiger partial charge in [0, 0.05) is 36.6 Å². The molecule has 0 spiro atoms. The van der Waals surface area contributed by atoms with Gasteiger partial charge in [0.1, 0.15) is 5.82 Å². The summed E-state index contributed by atoms with van der Waals surface area (Å²) >= 11 is 0. The van der Waals surface area contributed by atoms with Crippen LogP contribution in [0.2, 0.25) is 0 Å². The van der Waals surface area contributed by atoms with Gasteiger partial charge in [0.2, 0.25) is 0 Å². The first-order valence-corrected chi connectivity index (χ1v) is 8.96. The van der Waals surface area contributed by atoms with Crippen molar-refractivity contribution in [2.24, 2.45) is 0 Å². The van der Waals surface area contributed by atoms with E-state index < -0.39 is 11.8 Å². The largest absolute Gasteiger partial charge is 0.481 e. The Morgan fingerprint density at radius 3 is 2.57 bits per heavy atom. The number of aromatic amines is 1. The Hall–Kier alpha value is -3.19. The van der Waals surface area contributed by atoms with Crippen molar-refractivity contribution >= 4 is 22.8 Å². The standard InChI is InChI=1S/C19H18FN3O.C2H4O2/c1-21-10-11-2-4-12(5-3-11)18-14-6-7-22-19(24)15-8-13(20)9-16(23-18)17(14)15;1-2(3)4/h2-5,8-9,21,23H,6-7,10H2,1H3,(H,22,24);1H3,(H,3,4). The van der Waals surface area contributed by atoms with Crippen molar-refractivity contribution in [1.29, 1.82) is 0 Å². The molecule has 0 bridgehead atoms. The van der Waals surface area contributed by atoms with Crippen LogP contribution in [-0.4, -0.2) is 35.6 Å². The minimum atomic E-state index is -0.833. The summed E-state index contributed by atoms with van der Waals surface area (Å²) in [6.07, 6.45) is 0.720. The van der Waals surface area contributed by atoms with Crippen LogP contribution >= 0.6 is 0 Å². The number of aliphatic carboxylic acids is 1. The van der Waals surface area contributed by atoms with Crippen LogP contribution in [0.5, 0.6) is 0 Å². The molecule has 6 nitrogen and oxygen atoms in total. The minimum Gasteiger partial charge on any atom is -0.481 e. The third-order valence-corrected chi connectivity index (χ3v) is 4.50. The highest BCUT2D eigenvalue weighted by Gasteiger charge is 2.23. The summed E-state index contributed by atoms with van der Waals surface area (Å²) in [7, 11) is 1.92. The Bertz CT molecular complexity index is 1020. The van der Waals surface area contributed by atoms with Crippen LogP contribution in [0.25, 0.3) is 22.2 Å². The third-order valence-electron chi connectivity index (χ3n) is 4.50. The van der Waals surface area contributed by atoms with Gasteiger partial charge in [0.15, 0.2) is 0 Å². The van der Waals surface area contributed by atoms with E-state index in [-0.39, 0.29) is 5.91 Å². The van der Waals surface area contributed by atoms with Crippen LogP contribution in [0.3, 0.4) is 0 Å². The maximum atomic E-state index is 13.9. The molecule has 0 aliphatic carbocycles. The molecule has 1 aliphatic heterocycles. The van der Waals surface area contributed by atoms with Crippen molar-refractivity contribution in [3.63, 3.8) is 0 Å². The first-order valence-electron chi connectivity index (χ1n) is 8.96. The van der Waals surface area contributed by atoms with E-state index in [0.29, 0.717) is 17.6 Å². The number of halogens is 1. The monoisotopic (exact) mass is 383 g/mol. The molecular weight excluding hydrogens is 361 g/mol. The van der Waals surface area contributed by atoms with E-state index in [0.717, 1.165) is 42.1 Å². The second kappa shape index (κ2) is 8.22. The molecule has 1 aliphatic rings. The lowest BCUT2D eigenvalue weighted by Gasteiger charge is -2.06. The summed E-state index contributed by atoms with van der Waals surface area (Å²) in [6.45, 7) is 2.44. The molecule has 3 aromatic rings. The number of hydrogen-bond acceptors (Lipinski definition) is 3. The Balaban J connectivity index is 0.000000516. The summed E-state index contributed by atoms with van der Waals surface area (Å²) in [4.78, 5) is 24.5. The molecular formula is C21H22FN3O3. The summed E-state index contributed by atoms with van der Waals surface area (Å²) in [5.41, 5.74) is 5.36. The molecule has 7 heteroatoms. The molecule has 2 heterocycles. The topological polar surface area (TPSA) is 94.2 Å². The number of aromatic nitrogens is 1. The van der Waals surface area contributed by atoms with E-state index in [4.69, 9.17) is 9.90 Å². The van der Waals surface area contributed by atoms with Gasteiger partial charge in [0.25, 0.3) is 11.9 Å². The van der Waals surface area contributed by atoms with Crippen LogP contribution in [0.1, 0.15) is 28.4 Å². The molecule has 1 aromatic heterocycles. The average molecular weight is 383 g/mol. The zero-order chi connectivity index (χ0) is 20.3. The number of carboxylic acids is 1. The van der Waals surface area contributed by atoms with Gasteiger partial charge in [-0.3, -0.25) is 9.59 Å². The zero-order valence-corrected chi connectivity index (χ0v) is 15.7. The van der Waals surface area contributed by atoms with Crippen molar-refractivity contribution < 1.29 is 19.1 Å². The number of nitrogens with one attached hydrogen (secondary N) is 3. The first kappa shape index (κ1) is 19.6. The SMILES string of the molecule is CC(=O)O.CNCc1ccc(-c2[nH]c3cc(F)cc4c3c2CCNC4=O)cc1. The molecule has 146 valence electrons. The number of hydrogen-bond donors (Lipinski definition) is 4. The fraction of sp³-hybridized carbons (Fsp3) is 0.238. The van der Waals surface area contributed by atoms with Crippen LogP contribution < -0.4 is 10.6 Å². The van der Waals surface area contributed by atoms with Gasteiger partial charge in [-0.1, -0.05) is 24.3 Å². The van der Waals surface area contributed by atoms with Crippen molar-refractivity contribution in [1.82, 2.24) is 15.6 Å². The van der Waals surface area contributed by atoms with E-state index in [9.17, 15) is 9.18 Å². The van der Waals surface area contributed by atoms with Gasteiger partial charge in [-0.25, -0.2) is 4.39 Å². The second-order valence-corrected chi connectivity index (χ2v) is 6.61. The van der Waals surface area contributed by atoms with Crippen LogP contribution in [0.4, 0.5) is 4.39 Å².